The molecule has 1 N–H and O–H groups in total. The van der Waals surface area contributed by atoms with Gasteiger partial charge in [0.15, 0.2) is 11.5 Å². The highest BCUT2D eigenvalue weighted by Gasteiger charge is 2.46. The number of benzene rings is 2. The summed E-state index contributed by atoms with van der Waals surface area (Å²) in [5.41, 5.74) is 1.17. The highest BCUT2D eigenvalue weighted by Crippen LogP contribution is 2.42. The maximum atomic E-state index is 13.5. The average Bonchev–Trinajstić information content (AvgIpc) is 3.23. The van der Waals surface area contributed by atoms with Gasteiger partial charge in [-0.2, -0.15) is 0 Å². The van der Waals surface area contributed by atoms with E-state index in [1.807, 2.05) is 26.8 Å². The number of aliphatic hydroxyl groups excluding tert-OH is 1. The molecule has 9 heteroatoms. The molecule has 2 heterocycles. The van der Waals surface area contributed by atoms with Crippen molar-refractivity contribution in [3.63, 3.8) is 0 Å². The summed E-state index contributed by atoms with van der Waals surface area (Å²) in [6.45, 7) is 11.5. The van der Waals surface area contributed by atoms with Crippen molar-refractivity contribution >= 4 is 17.4 Å². The number of rotatable bonds is 13. The second kappa shape index (κ2) is 14.2. The highest BCUT2D eigenvalue weighted by atomic mass is 16.5. The highest BCUT2D eigenvalue weighted by molar-refractivity contribution is 6.46. The van der Waals surface area contributed by atoms with Crippen molar-refractivity contribution in [2.24, 2.45) is 0 Å². The molecule has 216 valence electrons. The first-order valence-electron chi connectivity index (χ1n) is 14.2. The third-order valence-electron chi connectivity index (χ3n) is 7.00. The minimum absolute atomic E-state index is 0.0604. The van der Waals surface area contributed by atoms with Gasteiger partial charge in [0.05, 0.1) is 44.6 Å². The molecule has 1 unspecified atom stereocenters. The number of ketones is 1. The molecule has 0 aliphatic carbocycles. The second-order valence-corrected chi connectivity index (χ2v) is 9.75. The summed E-state index contributed by atoms with van der Waals surface area (Å²) in [6, 6.07) is 11.6. The van der Waals surface area contributed by atoms with E-state index in [1.165, 1.54) is 0 Å². The maximum absolute atomic E-state index is 13.5. The Balaban J connectivity index is 1.70. The predicted molar refractivity (Wildman–Crippen MR) is 152 cm³/mol. The van der Waals surface area contributed by atoms with Gasteiger partial charge in [0.2, 0.25) is 0 Å². The number of hydrogen-bond acceptors (Lipinski definition) is 8. The Bertz CT molecular complexity index is 1190. The minimum Gasteiger partial charge on any atom is -0.507 e. The van der Waals surface area contributed by atoms with Crippen molar-refractivity contribution in [1.29, 1.82) is 0 Å². The standard InChI is InChI=1S/C31H40N2O7/c1-4-18-40-24-11-8-22(9-12-24)29(34)27-28(23-10-13-25(38-5-2)26(21-23)39-6-3)33(31(36)30(27)35)15-7-14-32-16-19-37-20-17-32/h8-13,21,28,34H,4-7,14-20H2,1-3H3. The molecule has 1 amide bonds. The van der Waals surface area contributed by atoms with Crippen LogP contribution < -0.4 is 14.2 Å². The average molecular weight is 553 g/mol. The number of ether oxygens (including phenoxy) is 4. The van der Waals surface area contributed by atoms with Crippen molar-refractivity contribution in [2.45, 2.75) is 39.7 Å². The molecule has 40 heavy (non-hydrogen) atoms. The summed E-state index contributed by atoms with van der Waals surface area (Å²) < 4.78 is 22.7. The van der Waals surface area contributed by atoms with Gasteiger partial charge in [-0.15, -0.1) is 0 Å². The van der Waals surface area contributed by atoms with E-state index < -0.39 is 17.7 Å². The molecule has 4 rings (SSSR count). The number of carbonyl (C=O) groups excluding carboxylic acids is 2. The van der Waals surface area contributed by atoms with Crippen LogP contribution >= 0.6 is 0 Å². The van der Waals surface area contributed by atoms with Gasteiger partial charge < -0.3 is 29.0 Å². The Kier molecular flexibility index (Phi) is 10.4. The molecule has 2 aliphatic heterocycles. The van der Waals surface area contributed by atoms with E-state index in [0.29, 0.717) is 74.4 Å². The number of aliphatic hydroxyl groups is 1. The minimum atomic E-state index is -0.768. The molecule has 9 nitrogen and oxygen atoms in total. The quantitative estimate of drug-likeness (QED) is 0.222. The van der Waals surface area contributed by atoms with Gasteiger partial charge in [-0.3, -0.25) is 14.5 Å². The molecule has 2 saturated heterocycles. The Labute approximate surface area is 236 Å². The molecule has 0 saturated carbocycles. The summed E-state index contributed by atoms with van der Waals surface area (Å²) >= 11 is 0. The number of morpholine rings is 1. The number of hydrogen-bond donors (Lipinski definition) is 1. The smallest absolute Gasteiger partial charge is 0.295 e. The molecule has 1 atom stereocenters. The topological polar surface area (TPSA) is 97.8 Å². The van der Waals surface area contributed by atoms with Gasteiger partial charge in [-0.25, -0.2) is 0 Å². The van der Waals surface area contributed by atoms with E-state index in [-0.39, 0.29) is 11.3 Å². The number of nitrogens with zero attached hydrogens (tertiary/aromatic N) is 2. The summed E-state index contributed by atoms with van der Waals surface area (Å²) in [4.78, 5) is 30.7. The lowest BCUT2D eigenvalue weighted by Gasteiger charge is -2.29. The predicted octanol–water partition coefficient (Wildman–Crippen LogP) is 4.42. The van der Waals surface area contributed by atoms with E-state index >= 15 is 0 Å². The number of Topliss-reactive ketones (excluding diaryl/α,β-unsaturated/α-hetero) is 1. The molecule has 0 radical (unpaired) electrons. The van der Waals surface area contributed by atoms with Gasteiger partial charge in [-0.1, -0.05) is 13.0 Å². The summed E-state index contributed by atoms with van der Waals surface area (Å²) in [5, 5.41) is 11.4. The zero-order chi connectivity index (χ0) is 28.5. The fourth-order valence-corrected chi connectivity index (χ4v) is 5.07. The van der Waals surface area contributed by atoms with Crippen LogP contribution in [0.5, 0.6) is 17.2 Å². The van der Waals surface area contributed by atoms with Crippen LogP contribution in [0.4, 0.5) is 0 Å². The molecule has 2 aromatic rings. The third-order valence-corrected chi connectivity index (χ3v) is 7.00. The van der Waals surface area contributed by atoms with Crippen LogP contribution in [0.25, 0.3) is 5.76 Å². The fourth-order valence-electron chi connectivity index (χ4n) is 5.07. The summed E-state index contributed by atoms with van der Waals surface area (Å²) in [7, 11) is 0. The van der Waals surface area contributed by atoms with Crippen LogP contribution in [-0.2, 0) is 14.3 Å². The normalized spacial score (nSPS) is 19.2. The van der Waals surface area contributed by atoms with Crippen LogP contribution in [0.1, 0.15) is 50.8 Å². The Morgan fingerprint density at radius 1 is 0.925 bits per heavy atom. The van der Waals surface area contributed by atoms with Gasteiger partial charge in [-0.05, 0) is 68.7 Å². The zero-order valence-corrected chi connectivity index (χ0v) is 23.7. The largest absolute Gasteiger partial charge is 0.507 e. The Hall–Kier alpha value is -3.56. The van der Waals surface area contributed by atoms with E-state index in [9.17, 15) is 14.7 Å². The molecule has 0 spiro atoms. The van der Waals surface area contributed by atoms with Crippen LogP contribution in [-0.4, -0.2) is 85.8 Å². The van der Waals surface area contributed by atoms with Crippen molar-refractivity contribution in [2.75, 3.05) is 59.2 Å². The Morgan fingerprint density at radius 3 is 2.30 bits per heavy atom. The summed E-state index contributed by atoms with van der Waals surface area (Å²) in [6.07, 6.45) is 1.56. The van der Waals surface area contributed by atoms with Crippen LogP contribution in [0.2, 0.25) is 0 Å². The number of likely N-dealkylation sites (tertiary alicyclic amines) is 1. The maximum Gasteiger partial charge on any atom is 0.295 e. The molecule has 0 aromatic heterocycles. The van der Waals surface area contributed by atoms with Gasteiger partial charge in [0, 0.05) is 31.7 Å². The monoisotopic (exact) mass is 552 g/mol. The van der Waals surface area contributed by atoms with Crippen LogP contribution in [0.3, 0.4) is 0 Å². The fraction of sp³-hybridized carbons (Fsp3) is 0.484. The lowest BCUT2D eigenvalue weighted by Crippen LogP contribution is -2.39. The van der Waals surface area contributed by atoms with Crippen molar-refractivity contribution < 1.29 is 33.6 Å². The van der Waals surface area contributed by atoms with Gasteiger partial charge in [0.1, 0.15) is 11.5 Å². The SMILES string of the molecule is CCCOc1ccc(C(O)=C2C(=O)C(=O)N(CCCN3CCOCC3)C2c2ccc(OCC)c(OCC)c2)cc1. The molecular weight excluding hydrogens is 512 g/mol. The van der Waals surface area contributed by atoms with E-state index in [1.54, 1.807) is 41.3 Å². The second-order valence-electron chi connectivity index (χ2n) is 9.75. The van der Waals surface area contributed by atoms with E-state index in [2.05, 4.69) is 4.90 Å². The molecule has 2 aromatic carbocycles. The molecule has 2 aliphatic rings. The van der Waals surface area contributed by atoms with Crippen LogP contribution in [0.15, 0.2) is 48.0 Å². The van der Waals surface area contributed by atoms with Gasteiger partial charge >= 0.3 is 0 Å². The van der Waals surface area contributed by atoms with Crippen molar-refractivity contribution in [1.82, 2.24) is 9.80 Å². The van der Waals surface area contributed by atoms with Crippen LogP contribution in [0, 0.1) is 0 Å². The van der Waals surface area contributed by atoms with E-state index in [0.717, 1.165) is 26.1 Å². The van der Waals surface area contributed by atoms with E-state index in [4.69, 9.17) is 18.9 Å². The molecular formula is C31H40N2O7. The van der Waals surface area contributed by atoms with Crippen molar-refractivity contribution in [3.8, 4) is 17.2 Å². The first-order chi connectivity index (χ1) is 19.5. The van der Waals surface area contributed by atoms with Crippen molar-refractivity contribution in [3.05, 3.63) is 59.2 Å². The third kappa shape index (κ3) is 6.77. The lowest BCUT2D eigenvalue weighted by molar-refractivity contribution is -0.140. The first-order valence-corrected chi connectivity index (χ1v) is 14.2. The zero-order valence-electron chi connectivity index (χ0n) is 23.7. The van der Waals surface area contributed by atoms with Gasteiger partial charge in [0.25, 0.3) is 11.7 Å². The Morgan fingerprint density at radius 2 is 1.62 bits per heavy atom. The summed E-state index contributed by atoms with van der Waals surface area (Å²) in [5.74, 6) is 0.243. The number of amides is 1. The first kappa shape index (κ1) is 29.4. The number of carbonyl (C=O) groups is 2. The molecule has 2 fully saturated rings. The lowest BCUT2D eigenvalue weighted by atomic mass is 9.95. The molecule has 0 bridgehead atoms.